The van der Waals surface area contributed by atoms with Crippen LogP contribution >= 0.6 is 0 Å². The highest BCUT2D eigenvalue weighted by molar-refractivity contribution is 5.85. The molecule has 1 fully saturated rings. The molecule has 2 amide bonds. The van der Waals surface area contributed by atoms with Crippen molar-refractivity contribution in [3.8, 4) is 11.1 Å². The normalized spacial score (nSPS) is 19.5. The highest BCUT2D eigenvalue weighted by Crippen LogP contribution is 2.44. The van der Waals surface area contributed by atoms with Crippen LogP contribution in [0.2, 0.25) is 0 Å². The molecule has 2 N–H and O–H groups in total. The summed E-state index contributed by atoms with van der Waals surface area (Å²) in [4.78, 5) is 37.8. The van der Waals surface area contributed by atoms with Crippen LogP contribution in [0, 0.1) is 0 Å². The van der Waals surface area contributed by atoms with Crippen LogP contribution in [0.1, 0.15) is 50.2 Å². The molecule has 2 aromatic carbocycles. The van der Waals surface area contributed by atoms with E-state index in [-0.39, 0.29) is 43.7 Å². The molecule has 0 radical (unpaired) electrons. The molecular formula is C27H32N2O6. The summed E-state index contributed by atoms with van der Waals surface area (Å²) in [6, 6.07) is 16.1. The lowest BCUT2D eigenvalue weighted by Gasteiger charge is -2.29. The van der Waals surface area contributed by atoms with Crippen molar-refractivity contribution in [2.24, 2.45) is 0 Å². The summed E-state index contributed by atoms with van der Waals surface area (Å²) in [6.45, 7) is 3.83. The number of fused-ring (bicyclic) bond motifs is 3. The third kappa shape index (κ3) is 5.48. The van der Waals surface area contributed by atoms with E-state index >= 15 is 0 Å². The van der Waals surface area contributed by atoms with Gasteiger partial charge in [-0.05, 0) is 48.4 Å². The Labute approximate surface area is 205 Å². The number of alkyl carbamates (subject to hydrolysis) is 1. The minimum atomic E-state index is -1.05. The van der Waals surface area contributed by atoms with Crippen molar-refractivity contribution in [2.75, 3.05) is 19.7 Å². The summed E-state index contributed by atoms with van der Waals surface area (Å²) in [5.41, 5.74) is 4.63. The van der Waals surface area contributed by atoms with Gasteiger partial charge < -0.3 is 24.8 Å². The number of carbonyl (C=O) groups excluding carboxylic acids is 2. The van der Waals surface area contributed by atoms with Crippen LogP contribution in [0.25, 0.3) is 11.1 Å². The topological polar surface area (TPSA) is 105 Å². The van der Waals surface area contributed by atoms with Gasteiger partial charge in [0, 0.05) is 18.5 Å². The quantitative estimate of drug-likeness (QED) is 0.566. The number of nitrogens with zero attached hydrogens (tertiary/aromatic N) is 1. The highest BCUT2D eigenvalue weighted by atomic mass is 16.5. The number of hydrogen-bond acceptors (Lipinski definition) is 5. The van der Waals surface area contributed by atoms with Gasteiger partial charge in [0.1, 0.15) is 19.3 Å². The van der Waals surface area contributed by atoms with Crippen molar-refractivity contribution >= 4 is 18.0 Å². The Morgan fingerprint density at radius 2 is 1.71 bits per heavy atom. The average Bonchev–Trinajstić information content (AvgIpc) is 3.47. The van der Waals surface area contributed by atoms with Crippen LogP contribution in [-0.2, 0) is 19.1 Å². The predicted octanol–water partition coefficient (Wildman–Crippen LogP) is 3.78. The third-order valence-electron chi connectivity index (χ3n) is 6.91. The third-order valence-corrected chi connectivity index (χ3v) is 6.91. The summed E-state index contributed by atoms with van der Waals surface area (Å²) in [6.07, 6.45) is 0.186. The highest BCUT2D eigenvalue weighted by Gasteiger charge is 2.36. The van der Waals surface area contributed by atoms with Crippen LogP contribution in [-0.4, -0.2) is 65.9 Å². The fourth-order valence-electron chi connectivity index (χ4n) is 4.89. The number of rotatable bonds is 9. The Bertz CT molecular complexity index is 1040. The molecule has 1 aliphatic heterocycles. The first-order valence-corrected chi connectivity index (χ1v) is 12.2. The molecule has 3 unspecified atom stereocenters. The molecule has 0 saturated carbocycles. The van der Waals surface area contributed by atoms with Crippen LogP contribution in [0.5, 0.6) is 0 Å². The molecule has 8 nitrogen and oxygen atoms in total. The molecule has 2 aromatic rings. The van der Waals surface area contributed by atoms with Crippen molar-refractivity contribution in [2.45, 2.75) is 57.3 Å². The van der Waals surface area contributed by atoms with E-state index in [1.165, 1.54) is 16.0 Å². The van der Waals surface area contributed by atoms with Crippen molar-refractivity contribution in [3.63, 3.8) is 0 Å². The Balaban J connectivity index is 1.27. The summed E-state index contributed by atoms with van der Waals surface area (Å²) < 4.78 is 11.4. The number of carbonyl (C=O) groups is 3. The summed E-state index contributed by atoms with van der Waals surface area (Å²) >= 11 is 0. The standard InChI is InChI=1S/C27H32N2O6/c1-3-17(2)29(15-25(30)31)26(32)24-13-12-18(35-24)14-28-27(33)34-16-23-21-10-6-4-8-19(21)20-9-5-7-11-22(20)23/h4-11,17-18,23-24H,3,12-16H2,1-2H3,(H,28,33)(H,30,31). The van der Waals surface area contributed by atoms with E-state index in [0.717, 1.165) is 11.1 Å². The second-order valence-corrected chi connectivity index (χ2v) is 9.15. The molecular weight excluding hydrogens is 448 g/mol. The van der Waals surface area contributed by atoms with Gasteiger partial charge in [-0.15, -0.1) is 0 Å². The second-order valence-electron chi connectivity index (χ2n) is 9.15. The Morgan fingerprint density at radius 1 is 1.09 bits per heavy atom. The van der Waals surface area contributed by atoms with E-state index < -0.39 is 18.2 Å². The van der Waals surface area contributed by atoms with E-state index in [0.29, 0.717) is 19.3 Å². The Kier molecular flexibility index (Phi) is 7.70. The minimum absolute atomic E-state index is 0.0151. The van der Waals surface area contributed by atoms with Crippen LogP contribution < -0.4 is 5.32 Å². The van der Waals surface area contributed by atoms with Gasteiger partial charge in [0.2, 0.25) is 0 Å². The number of aliphatic carboxylic acids is 1. The van der Waals surface area contributed by atoms with Crippen molar-refractivity contribution < 1.29 is 29.0 Å². The van der Waals surface area contributed by atoms with Crippen molar-refractivity contribution in [1.29, 1.82) is 0 Å². The maximum atomic E-state index is 12.8. The fourth-order valence-corrected chi connectivity index (χ4v) is 4.89. The largest absolute Gasteiger partial charge is 0.480 e. The molecule has 8 heteroatoms. The molecule has 186 valence electrons. The maximum Gasteiger partial charge on any atom is 0.407 e. The van der Waals surface area contributed by atoms with Gasteiger partial charge in [-0.2, -0.15) is 0 Å². The molecule has 35 heavy (non-hydrogen) atoms. The molecule has 2 aliphatic rings. The summed E-state index contributed by atoms with van der Waals surface area (Å²) in [5, 5.41) is 11.9. The van der Waals surface area contributed by atoms with Gasteiger partial charge in [-0.3, -0.25) is 9.59 Å². The molecule has 4 rings (SSSR count). The second kappa shape index (κ2) is 10.9. The molecule has 3 atom stereocenters. The van der Waals surface area contributed by atoms with Gasteiger partial charge in [0.05, 0.1) is 6.10 Å². The minimum Gasteiger partial charge on any atom is -0.480 e. The SMILES string of the molecule is CCC(C)N(CC(=O)O)C(=O)C1CCC(CNC(=O)OCC2c3ccccc3-c3ccccc32)O1. The predicted molar refractivity (Wildman–Crippen MR) is 130 cm³/mol. The smallest absolute Gasteiger partial charge is 0.407 e. The van der Waals surface area contributed by atoms with Crippen molar-refractivity contribution in [3.05, 3.63) is 59.7 Å². The van der Waals surface area contributed by atoms with E-state index in [1.807, 2.05) is 38.1 Å². The van der Waals surface area contributed by atoms with Gasteiger partial charge in [-0.1, -0.05) is 55.5 Å². The molecule has 1 heterocycles. The number of hydrogen-bond donors (Lipinski definition) is 2. The van der Waals surface area contributed by atoms with Crippen LogP contribution in [0.4, 0.5) is 4.79 Å². The van der Waals surface area contributed by atoms with Crippen LogP contribution in [0.15, 0.2) is 48.5 Å². The van der Waals surface area contributed by atoms with Gasteiger partial charge in [0.15, 0.2) is 0 Å². The first-order chi connectivity index (χ1) is 16.9. The maximum absolute atomic E-state index is 12.8. The zero-order valence-electron chi connectivity index (χ0n) is 20.1. The lowest BCUT2D eigenvalue weighted by atomic mass is 9.98. The zero-order chi connectivity index (χ0) is 24.9. The molecule has 0 spiro atoms. The lowest BCUT2D eigenvalue weighted by molar-refractivity contribution is -0.152. The molecule has 1 aliphatic carbocycles. The first kappa shape index (κ1) is 24.7. The lowest BCUT2D eigenvalue weighted by Crippen LogP contribution is -2.47. The number of benzene rings is 2. The van der Waals surface area contributed by atoms with Crippen molar-refractivity contribution in [1.82, 2.24) is 10.2 Å². The molecule has 0 aromatic heterocycles. The average molecular weight is 481 g/mol. The first-order valence-electron chi connectivity index (χ1n) is 12.2. The number of carboxylic acids is 1. The molecule has 0 bridgehead atoms. The summed E-state index contributed by atoms with van der Waals surface area (Å²) in [7, 11) is 0. The van der Waals surface area contributed by atoms with Crippen LogP contribution in [0.3, 0.4) is 0 Å². The van der Waals surface area contributed by atoms with E-state index in [4.69, 9.17) is 14.6 Å². The van der Waals surface area contributed by atoms with E-state index in [1.54, 1.807) is 0 Å². The fraction of sp³-hybridized carbons (Fsp3) is 0.444. The van der Waals surface area contributed by atoms with Gasteiger partial charge >= 0.3 is 12.1 Å². The van der Waals surface area contributed by atoms with E-state index in [9.17, 15) is 14.4 Å². The number of amides is 2. The Hall–Kier alpha value is -3.39. The van der Waals surface area contributed by atoms with Gasteiger partial charge in [-0.25, -0.2) is 4.79 Å². The number of ether oxygens (including phenoxy) is 2. The van der Waals surface area contributed by atoms with E-state index in [2.05, 4.69) is 29.6 Å². The van der Waals surface area contributed by atoms with Gasteiger partial charge in [0.25, 0.3) is 5.91 Å². The molecule has 1 saturated heterocycles. The zero-order valence-corrected chi connectivity index (χ0v) is 20.1. The number of nitrogens with one attached hydrogen (secondary N) is 1. The summed E-state index contributed by atoms with van der Waals surface area (Å²) in [5.74, 6) is -1.38. The monoisotopic (exact) mass is 480 g/mol. The number of carboxylic acid groups (broad SMARTS) is 1. The Morgan fingerprint density at radius 3 is 2.31 bits per heavy atom.